The molecule has 1 heterocycles. The van der Waals surface area contributed by atoms with Gasteiger partial charge in [-0.25, -0.2) is 0 Å². The molecule has 0 radical (unpaired) electrons. The topological polar surface area (TPSA) is 84.0 Å². The van der Waals surface area contributed by atoms with Crippen molar-refractivity contribution in [3.05, 3.63) is 34.8 Å². The lowest BCUT2D eigenvalue weighted by Crippen LogP contribution is -2.13. The fraction of sp³-hybridized carbons (Fsp3) is 0.474. The van der Waals surface area contributed by atoms with Gasteiger partial charge in [0.1, 0.15) is 5.01 Å². The molecule has 2 aromatic rings. The molecule has 0 fully saturated rings. The smallest absolute Gasteiger partial charge is 0.257 e. The zero-order valence-electron chi connectivity index (χ0n) is 15.4. The van der Waals surface area contributed by atoms with Crippen LogP contribution in [0.4, 0.5) is 10.8 Å². The molecule has 0 saturated carbocycles. The van der Waals surface area contributed by atoms with Crippen LogP contribution >= 0.6 is 11.3 Å². The molecule has 2 amide bonds. The summed E-state index contributed by atoms with van der Waals surface area (Å²) >= 11 is 1.41. The van der Waals surface area contributed by atoms with E-state index in [0.717, 1.165) is 37.1 Å². The summed E-state index contributed by atoms with van der Waals surface area (Å²) in [6, 6.07) is 6.84. The van der Waals surface area contributed by atoms with Gasteiger partial charge >= 0.3 is 0 Å². The minimum absolute atomic E-state index is 0.00601. The van der Waals surface area contributed by atoms with Crippen molar-refractivity contribution in [1.82, 2.24) is 10.2 Å². The first-order valence-electron chi connectivity index (χ1n) is 9.16. The predicted molar refractivity (Wildman–Crippen MR) is 106 cm³/mol. The van der Waals surface area contributed by atoms with Crippen LogP contribution < -0.4 is 10.6 Å². The van der Waals surface area contributed by atoms with E-state index in [1.165, 1.54) is 17.8 Å². The third kappa shape index (κ3) is 6.55. The van der Waals surface area contributed by atoms with E-state index in [-0.39, 0.29) is 11.8 Å². The van der Waals surface area contributed by atoms with Crippen LogP contribution in [0.25, 0.3) is 0 Å². The Labute approximate surface area is 158 Å². The van der Waals surface area contributed by atoms with Crippen molar-refractivity contribution in [3.63, 3.8) is 0 Å². The average molecular weight is 375 g/mol. The molecule has 0 spiro atoms. The monoisotopic (exact) mass is 374 g/mol. The Kier molecular flexibility index (Phi) is 8.21. The lowest BCUT2D eigenvalue weighted by Gasteiger charge is -2.06. The molecule has 0 atom stereocenters. The van der Waals surface area contributed by atoms with Crippen molar-refractivity contribution in [2.75, 3.05) is 10.6 Å². The molecular weight excluding hydrogens is 348 g/mol. The van der Waals surface area contributed by atoms with E-state index in [4.69, 9.17) is 0 Å². The van der Waals surface area contributed by atoms with Crippen molar-refractivity contribution >= 4 is 34.0 Å². The molecule has 1 aromatic carbocycles. The average Bonchev–Trinajstić information content (AvgIpc) is 3.08. The first-order chi connectivity index (χ1) is 12.6. The Hall–Kier alpha value is -2.28. The number of amides is 2. The normalized spacial score (nSPS) is 10.5. The maximum atomic E-state index is 12.3. The van der Waals surface area contributed by atoms with Gasteiger partial charge in [-0.1, -0.05) is 44.4 Å². The van der Waals surface area contributed by atoms with Gasteiger partial charge < -0.3 is 5.32 Å². The second kappa shape index (κ2) is 10.7. The molecule has 2 rings (SSSR count). The van der Waals surface area contributed by atoms with Gasteiger partial charge in [0.05, 0.1) is 0 Å². The minimum atomic E-state index is -0.231. The minimum Gasteiger partial charge on any atom is -0.326 e. The molecule has 0 saturated heterocycles. The summed E-state index contributed by atoms with van der Waals surface area (Å²) in [4.78, 5) is 24.0. The number of anilines is 2. The number of aryl methyl sites for hydroxylation is 1. The van der Waals surface area contributed by atoms with E-state index in [2.05, 4.69) is 27.8 Å². The molecule has 0 bridgehead atoms. The number of rotatable bonds is 10. The second-order valence-corrected chi connectivity index (χ2v) is 7.20. The Morgan fingerprint density at radius 1 is 0.962 bits per heavy atom. The van der Waals surface area contributed by atoms with Gasteiger partial charge in [-0.15, -0.1) is 10.2 Å². The molecule has 0 aliphatic heterocycles. The summed E-state index contributed by atoms with van der Waals surface area (Å²) in [6.45, 7) is 4.21. The van der Waals surface area contributed by atoms with E-state index >= 15 is 0 Å². The fourth-order valence-corrected chi connectivity index (χ4v) is 3.14. The van der Waals surface area contributed by atoms with Crippen LogP contribution in [0, 0.1) is 0 Å². The molecule has 6 nitrogen and oxygen atoms in total. The highest BCUT2D eigenvalue weighted by Crippen LogP contribution is 2.19. The highest BCUT2D eigenvalue weighted by molar-refractivity contribution is 7.15. The number of benzene rings is 1. The van der Waals surface area contributed by atoms with Gasteiger partial charge in [0.2, 0.25) is 11.0 Å². The first-order valence-corrected chi connectivity index (χ1v) is 9.97. The van der Waals surface area contributed by atoms with E-state index < -0.39 is 0 Å². The maximum Gasteiger partial charge on any atom is 0.257 e. The van der Waals surface area contributed by atoms with Crippen LogP contribution in [0.2, 0.25) is 0 Å². The van der Waals surface area contributed by atoms with Crippen LogP contribution in [-0.4, -0.2) is 22.0 Å². The molecule has 0 unspecified atom stereocenters. The van der Waals surface area contributed by atoms with E-state index in [1.807, 2.05) is 6.92 Å². The van der Waals surface area contributed by atoms with Gasteiger partial charge in [-0.2, -0.15) is 0 Å². The highest BCUT2D eigenvalue weighted by atomic mass is 32.1. The van der Waals surface area contributed by atoms with Gasteiger partial charge in [0.25, 0.3) is 5.91 Å². The lowest BCUT2D eigenvalue weighted by atomic mass is 10.2. The highest BCUT2D eigenvalue weighted by Gasteiger charge is 2.10. The number of hydrogen-bond donors (Lipinski definition) is 2. The van der Waals surface area contributed by atoms with Crippen LogP contribution in [0.15, 0.2) is 24.3 Å². The number of unbranched alkanes of at least 4 members (excludes halogenated alkanes) is 3. The molecule has 7 heteroatoms. The molecule has 0 aliphatic carbocycles. The largest absolute Gasteiger partial charge is 0.326 e. The van der Waals surface area contributed by atoms with Gasteiger partial charge in [-0.3, -0.25) is 14.9 Å². The third-order valence-electron chi connectivity index (χ3n) is 3.87. The number of nitrogens with zero attached hydrogens (tertiary/aromatic N) is 2. The van der Waals surface area contributed by atoms with Crippen LogP contribution in [0.5, 0.6) is 0 Å². The summed E-state index contributed by atoms with van der Waals surface area (Å²) in [5.74, 6) is -0.237. The van der Waals surface area contributed by atoms with E-state index in [0.29, 0.717) is 22.8 Å². The molecule has 2 N–H and O–H groups in total. The van der Waals surface area contributed by atoms with E-state index in [9.17, 15) is 9.59 Å². The van der Waals surface area contributed by atoms with Gasteiger partial charge in [0, 0.05) is 24.1 Å². The fourth-order valence-electron chi connectivity index (χ4n) is 2.37. The maximum absolute atomic E-state index is 12.3. The van der Waals surface area contributed by atoms with Gasteiger partial charge in [0.15, 0.2) is 0 Å². The molecule has 1 aromatic heterocycles. The van der Waals surface area contributed by atoms with Crippen molar-refractivity contribution in [3.8, 4) is 0 Å². The molecule has 0 aliphatic rings. The van der Waals surface area contributed by atoms with Crippen LogP contribution in [0.3, 0.4) is 0 Å². The zero-order chi connectivity index (χ0) is 18.8. The number of carbonyl (C=O) groups excluding carboxylic acids is 2. The van der Waals surface area contributed by atoms with E-state index in [1.54, 1.807) is 24.3 Å². The second-order valence-electron chi connectivity index (χ2n) is 6.14. The summed E-state index contributed by atoms with van der Waals surface area (Å²) < 4.78 is 0. The van der Waals surface area contributed by atoms with Crippen LogP contribution in [0.1, 0.15) is 67.7 Å². The SMILES string of the molecule is CCCCCc1nnc(NC(=O)c2ccc(NC(=O)CCCC)cc2)s1. The van der Waals surface area contributed by atoms with Crippen molar-refractivity contribution < 1.29 is 9.59 Å². The Bertz CT molecular complexity index is 713. The number of carbonyl (C=O) groups is 2. The quantitative estimate of drug-likeness (QED) is 0.593. The number of hydrogen-bond acceptors (Lipinski definition) is 5. The Morgan fingerprint density at radius 2 is 1.69 bits per heavy atom. The standard InChI is InChI=1S/C19H26N4O2S/c1-3-5-7-9-17-22-23-19(26-17)21-18(25)14-10-12-15(13-11-14)20-16(24)8-6-4-2/h10-13H,3-9H2,1-2H3,(H,20,24)(H,21,23,25). The van der Waals surface area contributed by atoms with Crippen LogP contribution in [-0.2, 0) is 11.2 Å². The Morgan fingerprint density at radius 3 is 2.38 bits per heavy atom. The first kappa shape index (κ1) is 20.0. The molecule has 140 valence electrons. The summed E-state index contributed by atoms with van der Waals surface area (Å²) in [5.41, 5.74) is 1.20. The summed E-state index contributed by atoms with van der Waals surface area (Å²) in [6.07, 6.45) is 6.68. The molecule has 26 heavy (non-hydrogen) atoms. The summed E-state index contributed by atoms with van der Waals surface area (Å²) in [7, 11) is 0. The lowest BCUT2D eigenvalue weighted by molar-refractivity contribution is -0.116. The van der Waals surface area contributed by atoms with Crippen molar-refractivity contribution in [1.29, 1.82) is 0 Å². The molecular formula is C19H26N4O2S. The van der Waals surface area contributed by atoms with Crippen molar-refractivity contribution in [2.24, 2.45) is 0 Å². The van der Waals surface area contributed by atoms with Gasteiger partial charge in [-0.05, 0) is 37.1 Å². The Balaban J connectivity index is 1.86. The number of aromatic nitrogens is 2. The van der Waals surface area contributed by atoms with Crippen molar-refractivity contribution in [2.45, 2.75) is 58.8 Å². The predicted octanol–water partition coefficient (Wildman–Crippen LogP) is 4.65. The number of nitrogens with one attached hydrogen (secondary N) is 2. The summed E-state index contributed by atoms with van der Waals surface area (Å²) in [5, 5.41) is 15.2. The third-order valence-corrected chi connectivity index (χ3v) is 4.77. The zero-order valence-corrected chi connectivity index (χ0v) is 16.2.